The highest BCUT2D eigenvalue weighted by Crippen LogP contribution is 2.49. The van der Waals surface area contributed by atoms with E-state index in [1.165, 1.54) is 29.0 Å². The van der Waals surface area contributed by atoms with Crippen LogP contribution in [0.3, 0.4) is 0 Å². The fourth-order valence-electron chi connectivity index (χ4n) is 3.09. The number of hydrogen-bond donors (Lipinski definition) is 1. The molecule has 2 saturated carbocycles. The molecule has 0 radical (unpaired) electrons. The Labute approximate surface area is 111 Å². The van der Waals surface area contributed by atoms with Crippen molar-refractivity contribution in [1.29, 1.82) is 0 Å². The first kappa shape index (κ1) is 11.0. The number of aryl methyl sites for hydroxylation is 1. The van der Waals surface area contributed by atoms with Gasteiger partial charge in [-0.05, 0) is 51.2 Å². The normalized spacial score (nSPS) is 29.9. The van der Waals surface area contributed by atoms with E-state index < -0.39 is 0 Å². The molecule has 3 fully saturated rings. The van der Waals surface area contributed by atoms with E-state index in [-0.39, 0.29) is 11.7 Å². The summed E-state index contributed by atoms with van der Waals surface area (Å²) >= 11 is 1.81. The molecule has 1 N–H and O–H groups in total. The van der Waals surface area contributed by atoms with Crippen LogP contribution in [0.1, 0.15) is 48.0 Å². The third-order valence-electron chi connectivity index (χ3n) is 4.58. The average molecular weight is 262 g/mol. The Morgan fingerprint density at radius 3 is 2.67 bits per heavy atom. The number of amides is 1. The molecule has 18 heavy (non-hydrogen) atoms. The minimum absolute atomic E-state index is 0.143. The maximum atomic E-state index is 12.6. The number of carbonyl (C=O) groups excluding carboxylic acids is 1. The van der Waals surface area contributed by atoms with Gasteiger partial charge in [-0.3, -0.25) is 10.1 Å². The number of thiophene rings is 1. The smallest absolute Gasteiger partial charge is 0.244 e. The second-order valence-electron chi connectivity index (χ2n) is 5.87. The highest BCUT2D eigenvalue weighted by molar-refractivity contribution is 7.12. The maximum absolute atomic E-state index is 12.6. The summed E-state index contributed by atoms with van der Waals surface area (Å²) in [7, 11) is 0. The predicted octanol–water partition coefficient (Wildman–Crippen LogP) is 2.57. The first-order valence-corrected chi connectivity index (χ1v) is 7.68. The minimum Gasteiger partial charge on any atom is -0.317 e. The molecule has 4 heteroatoms. The number of nitrogens with one attached hydrogen (secondary N) is 1. The van der Waals surface area contributed by atoms with Crippen molar-refractivity contribution in [3.63, 3.8) is 0 Å². The Bertz CT molecular complexity index is 502. The standard InChI is InChI=1S/C14H18N2OS/c1-9-5-6-11(18-9)12-15-14(7-8-14)13(17)16(12)10-3-2-4-10/h5-6,10,12,15H,2-4,7-8H2,1H3. The van der Waals surface area contributed by atoms with Gasteiger partial charge < -0.3 is 4.90 Å². The predicted molar refractivity (Wildman–Crippen MR) is 71.4 cm³/mol. The van der Waals surface area contributed by atoms with Crippen molar-refractivity contribution in [3.8, 4) is 0 Å². The number of hydrogen-bond acceptors (Lipinski definition) is 3. The Morgan fingerprint density at radius 1 is 1.39 bits per heavy atom. The van der Waals surface area contributed by atoms with Gasteiger partial charge in [0, 0.05) is 15.8 Å². The lowest BCUT2D eigenvalue weighted by atomic mass is 9.91. The zero-order valence-electron chi connectivity index (χ0n) is 10.6. The molecule has 1 aromatic rings. The van der Waals surface area contributed by atoms with Gasteiger partial charge in [-0.1, -0.05) is 0 Å². The van der Waals surface area contributed by atoms with E-state index in [4.69, 9.17) is 0 Å². The highest BCUT2D eigenvalue weighted by atomic mass is 32.1. The number of carbonyl (C=O) groups is 1. The van der Waals surface area contributed by atoms with Gasteiger partial charge in [-0.2, -0.15) is 0 Å². The molecule has 0 aromatic carbocycles. The van der Waals surface area contributed by atoms with Gasteiger partial charge in [0.1, 0.15) is 11.7 Å². The Hall–Kier alpha value is -0.870. The second-order valence-corrected chi connectivity index (χ2v) is 7.19. The fraction of sp³-hybridized carbons (Fsp3) is 0.643. The maximum Gasteiger partial charge on any atom is 0.244 e. The van der Waals surface area contributed by atoms with E-state index in [0.717, 1.165) is 12.8 Å². The summed E-state index contributed by atoms with van der Waals surface area (Å²) in [6.07, 6.45) is 5.84. The summed E-state index contributed by atoms with van der Waals surface area (Å²) in [5.74, 6) is 0.364. The van der Waals surface area contributed by atoms with E-state index in [9.17, 15) is 4.79 Å². The van der Waals surface area contributed by atoms with Crippen LogP contribution in [0, 0.1) is 6.92 Å². The van der Waals surface area contributed by atoms with Crippen molar-refractivity contribution in [1.82, 2.24) is 10.2 Å². The van der Waals surface area contributed by atoms with Crippen molar-refractivity contribution in [3.05, 3.63) is 21.9 Å². The quantitative estimate of drug-likeness (QED) is 0.888. The monoisotopic (exact) mass is 262 g/mol. The van der Waals surface area contributed by atoms with Crippen molar-refractivity contribution in [2.75, 3.05) is 0 Å². The van der Waals surface area contributed by atoms with Gasteiger partial charge >= 0.3 is 0 Å². The highest BCUT2D eigenvalue weighted by Gasteiger charge is 2.61. The van der Waals surface area contributed by atoms with Crippen LogP contribution in [-0.4, -0.2) is 22.4 Å². The van der Waals surface area contributed by atoms with Gasteiger partial charge in [-0.15, -0.1) is 11.3 Å². The molecule has 2 aliphatic carbocycles. The number of rotatable bonds is 2. The molecule has 1 aliphatic heterocycles. The minimum atomic E-state index is -0.182. The van der Waals surface area contributed by atoms with Crippen LogP contribution in [0.25, 0.3) is 0 Å². The molecule has 4 rings (SSSR count). The lowest BCUT2D eigenvalue weighted by Gasteiger charge is -2.38. The first-order chi connectivity index (χ1) is 8.70. The van der Waals surface area contributed by atoms with Crippen LogP contribution in [0.15, 0.2) is 12.1 Å². The summed E-state index contributed by atoms with van der Waals surface area (Å²) in [4.78, 5) is 17.4. The summed E-state index contributed by atoms with van der Waals surface area (Å²) in [6, 6.07) is 4.82. The van der Waals surface area contributed by atoms with Crippen molar-refractivity contribution in [2.45, 2.75) is 56.8 Å². The Morgan fingerprint density at radius 2 is 2.17 bits per heavy atom. The topological polar surface area (TPSA) is 32.3 Å². The largest absolute Gasteiger partial charge is 0.317 e. The molecule has 1 atom stereocenters. The third-order valence-corrected chi connectivity index (χ3v) is 5.64. The van der Waals surface area contributed by atoms with E-state index >= 15 is 0 Å². The second kappa shape index (κ2) is 3.58. The molecule has 1 saturated heterocycles. The molecular weight excluding hydrogens is 244 g/mol. The van der Waals surface area contributed by atoms with Crippen LogP contribution >= 0.6 is 11.3 Å². The van der Waals surface area contributed by atoms with Gasteiger partial charge in [0.25, 0.3) is 0 Å². The molecule has 1 spiro atoms. The average Bonchev–Trinajstić information content (AvgIpc) is 2.87. The molecular formula is C14H18N2OS. The fourth-order valence-corrected chi connectivity index (χ4v) is 4.02. The Kier molecular flexibility index (Phi) is 2.19. The van der Waals surface area contributed by atoms with Crippen molar-refractivity contribution >= 4 is 17.2 Å². The molecule has 3 aliphatic rings. The van der Waals surface area contributed by atoms with Crippen LogP contribution in [0.4, 0.5) is 0 Å². The van der Waals surface area contributed by atoms with E-state index in [1.807, 2.05) is 11.3 Å². The third kappa shape index (κ3) is 1.42. The van der Waals surface area contributed by atoms with Crippen molar-refractivity contribution in [2.24, 2.45) is 0 Å². The van der Waals surface area contributed by atoms with Crippen LogP contribution in [0.5, 0.6) is 0 Å². The zero-order valence-corrected chi connectivity index (χ0v) is 11.4. The zero-order chi connectivity index (χ0) is 12.3. The molecule has 1 aromatic heterocycles. The summed E-state index contributed by atoms with van der Waals surface area (Å²) in [5, 5.41) is 3.61. The van der Waals surface area contributed by atoms with Gasteiger partial charge in [0.2, 0.25) is 5.91 Å². The van der Waals surface area contributed by atoms with E-state index in [2.05, 4.69) is 29.3 Å². The summed E-state index contributed by atoms with van der Waals surface area (Å²) in [6.45, 7) is 2.13. The Balaban J connectivity index is 1.69. The summed E-state index contributed by atoms with van der Waals surface area (Å²) in [5.41, 5.74) is -0.182. The van der Waals surface area contributed by atoms with E-state index in [1.54, 1.807) is 0 Å². The van der Waals surface area contributed by atoms with Crippen LogP contribution < -0.4 is 5.32 Å². The van der Waals surface area contributed by atoms with Gasteiger partial charge in [0.05, 0.1) is 0 Å². The first-order valence-electron chi connectivity index (χ1n) is 6.86. The molecule has 96 valence electrons. The van der Waals surface area contributed by atoms with Gasteiger partial charge in [0.15, 0.2) is 0 Å². The lowest BCUT2D eigenvalue weighted by molar-refractivity contribution is -0.134. The van der Waals surface area contributed by atoms with Crippen LogP contribution in [-0.2, 0) is 4.79 Å². The molecule has 3 nitrogen and oxygen atoms in total. The molecule has 1 amide bonds. The van der Waals surface area contributed by atoms with Crippen molar-refractivity contribution < 1.29 is 4.79 Å². The molecule has 2 heterocycles. The molecule has 0 bridgehead atoms. The lowest BCUT2D eigenvalue weighted by Crippen LogP contribution is -2.44. The summed E-state index contributed by atoms with van der Waals surface area (Å²) < 4.78 is 0. The van der Waals surface area contributed by atoms with Crippen LogP contribution in [0.2, 0.25) is 0 Å². The SMILES string of the molecule is Cc1ccc(C2NC3(CC3)C(=O)N2C2CCC2)s1. The number of nitrogens with zero attached hydrogens (tertiary/aromatic N) is 1. The van der Waals surface area contributed by atoms with Gasteiger partial charge in [-0.25, -0.2) is 0 Å². The van der Waals surface area contributed by atoms with E-state index in [0.29, 0.717) is 11.9 Å². The molecule has 1 unspecified atom stereocenters.